The molecule has 8 heteroatoms. The highest BCUT2D eigenvalue weighted by atomic mass is 16.3. The van der Waals surface area contributed by atoms with E-state index in [-0.39, 0.29) is 35.4 Å². The standard InChI is InChI=1S/C13H13N3O5/c14-7-4-5(17)3-6-10(7)13(21)16(12(6)20)8-1-2-9(18)15-11(8)19/h3-4,8,13,17,21H,1-2,14H2,(H,15,18,19). The van der Waals surface area contributed by atoms with E-state index in [1.54, 1.807) is 0 Å². The van der Waals surface area contributed by atoms with Crippen molar-refractivity contribution in [1.82, 2.24) is 10.2 Å². The second-order valence-corrected chi connectivity index (χ2v) is 5.05. The molecule has 1 fully saturated rings. The molecule has 2 aliphatic heterocycles. The van der Waals surface area contributed by atoms with Crippen LogP contribution in [0.3, 0.4) is 0 Å². The van der Waals surface area contributed by atoms with Crippen molar-refractivity contribution < 1.29 is 24.6 Å². The van der Waals surface area contributed by atoms with Crippen molar-refractivity contribution in [3.8, 4) is 5.75 Å². The third-order valence-electron chi connectivity index (χ3n) is 3.73. The van der Waals surface area contributed by atoms with E-state index in [4.69, 9.17) is 5.73 Å². The van der Waals surface area contributed by atoms with E-state index in [1.807, 2.05) is 0 Å². The highest BCUT2D eigenvalue weighted by Crippen LogP contribution is 2.40. The number of phenolic OH excluding ortho intramolecular Hbond substituents is 1. The average molecular weight is 291 g/mol. The van der Waals surface area contributed by atoms with Gasteiger partial charge in [-0.2, -0.15) is 0 Å². The van der Waals surface area contributed by atoms with Gasteiger partial charge in [0.1, 0.15) is 11.8 Å². The number of nitrogen functional groups attached to an aromatic ring is 1. The molecule has 0 saturated carbocycles. The second kappa shape index (κ2) is 4.45. The van der Waals surface area contributed by atoms with E-state index in [9.17, 15) is 24.6 Å². The lowest BCUT2D eigenvalue weighted by atomic mass is 10.0. The lowest BCUT2D eigenvalue weighted by Crippen LogP contribution is -2.53. The van der Waals surface area contributed by atoms with Crippen LogP contribution < -0.4 is 11.1 Å². The zero-order chi connectivity index (χ0) is 15.3. The molecule has 110 valence electrons. The Balaban J connectivity index is 2.00. The molecule has 2 aliphatic rings. The van der Waals surface area contributed by atoms with Crippen LogP contribution in [-0.2, 0) is 9.59 Å². The van der Waals surface area contributed by atoms with Crippen molar-refractivity contribution in [2.75, 3.05) is 5.73 Å². The zero-order valence-corrected chi connectivity index (χ0v) is 10.9. The van der Waals surface area contributed by atoms with Crippen molar-refractivity contribution in [1.29, 1.82) is 0 Å². The van der Waals surface area contributed by atoms with Gasteiger partial charge in [0.15, 0.2) is 6.23 Å². The number of amides is 3. The first kappa shape index (κ1) is 13.4. The Hall–Kier alpha value is -2.61. The maximum absolute atomic E-state index is 12.4. The summed E-state index contributed by atoms with van der Waals surface area (Å²) in [6.07, 6.45) is -1.16. The molecule has 3 amide bonds. The Bertz CT molecular complexity index is 672. The van der Waals surface area contributed by atoms with Gasteiger partial charge in [0.2, 0.25) is 11.8 Å². The molecular formula is C13H13N3O5. The normalized spacial score (nSPS) is 25.0. The van der Waals surface area contributed by atoms with E-state index in [2.05, 4.69) is 5.32 Å². The fourth-order valence-corrected chi connectivity index (χ4v) is 2.77. The van der Waals surface area contributed by atoms with E-state index in [0.29, 0.717) is 0 Å². The minimum absolute atomic E-state index is 0.0599. The molecule has 2 atom stereocenters. The summed E-state index contributed by atoms with van der Waals surface area (Å²) in [6.45, 7) is 0. The van der Waals surface area contributed by atoms with Crippen molar-refractivity contribution in [2.24, 2.45) is 0 Å². The molecule has 21 heavy (non-hydrogen) atoms. The third-order valence-corrected chi connectivity index (χ3v) is 3.73. The number of anilines is 1. The SMILES string of the molecule is Nc1cc(O)cc2c1C(O)N(C1CCC(=O)NC1=O)C2=O. The molecule has 0 aliphatic carbocycles. The van der Waals surface area contributed by atoms with Gasteiger partial charge >= 0.3 is 0 Å². The number of hydrogen-bond donors (Lipinski definition) is 4. The first-order valence-electron chi connectivity index (χ1n) is 6.37. The summed E-state index contributed by atoms with van der Waals surface area (Å²) in [6, 6.07) is 1.48. The first-order valence-corrected chi connectivity index (χ1v) is 6.37. The number of aliphatic hydroxyl groups is 1. The number of benzene rings is 1. The Morgan fingerprint density at radius 1 is 1.29 bits per heavy atom. The number of hydrogen-bond acceptors (Lipinski definition) is 6. The summed E-state index contributed by atoms with van der Waals surface area (Å²) in [5, 5.41) is 21.9. The van der Waals surface area contributed by atoms with E-state index >= 15 is 0 Å². The van der Waals surface area contributed by atoms with Gasteiger partial charge in [-0.1, -0.05) is 0 Å². The second-order valence-electron chi connectivity index (χ2n) is 5.05. The summed E-state index contributed by atoms with van der Waals surface area (Å²) in [4.78, 5) is 36.4. The Labute approximate surface area is 119 Å². The molecule has 1 aromatic rings. The summed E-state index contributed by atoms with van der Waals surface area (Å²) >= 11 is 0. The van der Waals surface area contributed by atoms with Crippen LogP contribution in [0.15, 0.2) is 12.1 Å². The molecule has 0 bridgehead atoms. The van der Waals surface area contributed by atoms with Crippen molar-refractivity contribution in [3.05, 3.63) is 23.3 Å². The molecule has 1 aromatic carbocycles. The number of fused-ring (bicyclic) bond motifs is 1. The van der Waals surface area contributed by atoms with E-state index in [1.165, 1.54) is 12.1 Å². The summed E-state index contributed by atoms with van der Waals surface area (Å²) in [5.41, 5.74) is 6.02. The lowest BCUT2D eigenvalue weighted by molar-refractivity contribution is -0.139. The van der Waals surface area contributed by atoms with Gasteiger partial charge in [0.05, 0.1) is 5.56 Å². The molecular weight excluding hydrogens is 278 g/mol. The first-order chi connectivity index (χ1) is 9.90. The fraction of sp³-hybridized carbons (Fsp3) is 0.308. The van der Waals surface area contributed by atoms with Gasteiger partial charge in [-0.3, -0.25) is 24.6 Å². The predicted octanol–water partition coefficient (Wildman–Crippen LogP) is -0.774. The maximum Gasteiger partial charge on any atom is 0.257 e. The lowest BCUT2D eigenvalue weighted by Gasteiger charge is -2.32. The number of imide groups is 1. The number of phenols is 1. The molecule has 5 N–H and O–H groups in total. The van der Waals surface area contributed by atoms with Crippen molar-refractivity contribution in [3.63, 3.8) is 0 Å². The summed E-state index contributed by atoms with van der Waals surface area (Å²) < 4.78 is 0. The minimum Gasteiger partial charge on any atom is -0.508 e. The van der Waals surface area contributed by atoms with Crippen molar-refractivity contribution >= 4 is 23.4 Å². The van der Waals surface area contributed by atoms with Gasteiger partial charge < -0.3 is 15.9 Å². The zero-order valence-electron chi connectivity index (χ0n) is 10.9. The quantitative estimate of drug-likeness (QED) is 0.396. The van der Waals surface area contributed by atoms with Gasteiger partial charge in [-0.25, -0.2) is 0 Å². The topological polar surface area (TPSA) is 133 Å². The van der Waals surface area contributed by atoms with Gasteiger partial charge in [-0.15, -0.1) is 0 Å². The number of aromatic hydroxyl groups is 1. The highest BCUT2D eigenvalue weighted by molar-refractivity contribution is 6.06. The molecule has 0 spiro atoms. The van der Waals surface area contributed by atoms with Crippen LogP contribution in [0.5, 0.6) is 5.75 Å². The predicted molar refractivity (Wildman–Crippen MR) is 69.8 cm³/mol. The number of rotatable bonds is 1. The number of piperidine rings is 1. The van der Waals surface area contributed by atoms with Crippen LogP contribution in [0.2, 0.25) is 0 Å². The fourth-order valence-electron chi connectivity index (χ4n) is 2.77. The van der Waals surface area contributed by atoms with Crippen LogP contribution in [0, 0.1) is 0 Å². The Kier molecular flexibility index (Phi) is 2.84. The van der Waals surface area contributed by atoms with Crippen molar-refractivity contribution in [2.45, 2.75) is 25.1 Å². The van der Waals surface area contributed by atoms with Gasteiger partial charge in [-0.05, 0) is 12.5 Å². The average Bonchev–Trinajstić information content (AvgIpc) is 2.63. The van der Waals surface area contributed by atoms with Crippen LogP contribution >= 0.6 is 0 Å². The third kappa shape index (κ3) is 1.91. The Morgan fingerprint density at radius 2 is 2.00 bits per heavy atom. The summed E-state index contributed by atoms with van der Waals surface area (Å²) in [5.74, 6) is -1.84. The molecule has 1 saturated heterocycles. The number of carbonyl (C=O) groups excluding carboxylic acids is 3. The van der Waals surface area contributed by atoms with Gasteiger partial charge in [0, 0.05) is 23.7 Å². The van der Waals surface area contributed by atoms with E-state index < -0.39 is 30.0 Å². The number of nitrogens with one attached hydrogen (secondary N) is 1. The molecule has 8 nitrogen and oxygen atoms in total. The largest absolute Gasteiger partial charge is 0.508 e. The monoisotopic (exact) mass is 291 g/mol. The molecule has 3 rings (SSSR count). The number of nitrogens with two attached hydrogens (primary N) is 1. The van der Waals surface area contributed by atoms with Crippen LogP contribution in [0.1, 0.15) is 35.0 Å². The Morgan fingerprint density at radius 3 is 2.67 bits per heavy atom. The van der Waals surface area contributed by atoms with E-state index in [0.717, 1.165) is 4.90 Å². The molecule has 2 unspecified atom stereocenters. The van der Waals surface area contributed by atoms with Crippen LogP contribution in [-0.4, -0.2) is 38.9 Å². The minimum atomic E-state index is -1.38. The van der Waals surface area contributed by atoms with Crippen LogP contribution in [0.25, 0.3) is 0 Å². The number of nitrogens with zero attached hydrogens (tertiary/aromatic N) is 1. The maximum atomic E-state index is 12.4. The molecule has 0 aromatic heterocycles. The highest BCUT2D eigenvalue weighted by Gasteiger charge is 2.45. The molecule has 0 radical (unpaired) electrons. The molecule has 2 heterocycles. The number of carbonyl (C=O) groups is 3. The van der Waals surface area contributed by atoms with Gasteiger partial charge in [0.25, 0.3) is 5.91 Å². The smallest absolute Gasteiger partial charge is 0.257 e. The summed E-state index contributed by atoms with van der Waals surface area (Å²) in [7, 11) is 0. The van der Waals surface area contributed by atoms with Crippen LogP contribution in [0.4, 0.5) is 5.69 Å². The number of aliphatic hydroxyl groups excluding tert-OH is 1.